The van der Waals surface area contributed by atoms with Gasteiger partial charge in [-0.25, -0.2) is 0 Å². The molecule has 0 radical (unpaired) electrons. The summed E-state index contributed by atoms with van der Waals surface area (Å²) in [4.78, 5) is 26.1. The van der Waals surface area contributed by atoms with Crippen molar-refractivity contribution >= 4 is 39.9 Å². The molecule has 120 valence electrons. The zero-order valence-corrected chi connectivity index (χ0v) is 14.0. The Morgan fingerprint density at radius 1 is 1.36 bits per heavy atom. The van der Waals surface area contributed by atoms with Gasteiger partial charge in [0, 0.05) is 19.2 Å². The van der Waals surface area contributed by atoms with Gasteiger partial charge >= 0.3 is 0 Å². The number of anilines is 1. The lowest BCUT2D eigenvalue weighted by Gasteiger charge is -2.20. The van der Waals surface area contributed by atoms with Crippen LogP contribution in [0, 0.1) is 0 Å². The molecule has 1 aliphatic rings. The fraction of sp³-hybridized carbons (Fsp3) is 0.467. The summed E-state index contributed by atoms with van der Waals surface area (Å²) >= 11 is 6.04. The van der Waals surface area contributed by atoms with Crippen molar-refractivity contribution in [3.05, 3.63) is 23.2 Å². The lowest BCUT2D eigenvalue weighted by Crippen LogP contribution is -2.37. The highest BCUT2D eigenvalue weighted by Crippen LogP contribution is 2.27. The van der Waals surface area contributed by atoms with Crippen LogP contribution in [-0.4, -0.2) is 40.3 Å². The van der Waals surface area contributed by atoms with Crippen molar-refractivity contribution in [1.29, 1.82) is 0 Å². The number of nitrogens with one attached hydrogen (secondary N) is 1. The van der Waals surface area contributed by atoms with Gasteiger partial charge < -0.3 is 10.2 Å². The Kier molecular flexibility index (Phi) is 5.97. The predicted molar refractivity (Wildman–Crippen MR) is 87.5 cm³/mol. The summed E-state index contributed by atoms with van der Waals surface area (Å²) in [5.74, 6) is -0.290. The van der Waals surface area contributed by atoms with Gasteiger partial charge in [-0.3, -0.25) is 13.8 Å². The summed E-state index contributed by atoms with van der Waals surface area (Å²) in [6, 6.07) is 4.97. The van der Waals surface area contributed by atoms with E-state index >= 15 is 0 Å². The van der Waals surface area contributed by atoms with Crippen molar-refractivity contribution in [2.45, 2.75) is 30.6 Å². The fourth-order valence-electron chi connectivity index (χ4n) is 2.47. The zero-order chi connectivity index (χ0) is 16.1. The third-order valence-electron chi connectivity index (χ3n) is 3.53. The van der Waals surface area contributed by atoms with Crippen LogP contribution in [0.5, 0.6) is 0 Å². The number of carbonyl (C=O) groups is 2. The van der Waals surface area contributed by atoms with Crippen molar-refractivity contribution in [3.8, 4) is 0 Å². The number of halogens is 1. The Balaban J connectivity index is 2.07. The molecule has 5 nitrogen and oxygen atoms in total. The minimum Gasteiger partial charge on any atom is -0.333 e. The number of carbonyl (C=O) groups excluding carboxylic acids is 2. The number of benzene rings is 1. The number of amides is 2. The highest BCUT2D eigenvalue weighted by atomic mass is 35.5. The number of rotatable bonds is 4. The molecule has 1 fully saturated rings. The van der Waals surface area contributed by atoms with Crippen molar-refractivity contribution in [2.24, 2.45) is 0 Å². The highest BCUT2D eigenvalue weighted by molar-refractivity contribution is 7.84. The molecule has 7 heteroatoms. The van der Waals surface area contributed by atoms with Crippen molar-refractivity contribution in [2.75, 3.05) is 24.7 Å². The predicted octanol–water partition coefficient (Wildman–Crippen LogP) is 2.42. The molecule has 1 N–H and O–H groups in total. The Labute approximate surface area is 137 Å². The summed E-state index contributed by atoms with van der Waals surface area (Å²) in [6.07, 6.45) is 4.81. The largest absolute Gasteiger partial charge is 0.333 e. The van der Waals surface area contributed by atoms with Gasteiger partial charge in [0.1, 0.15) is 0 Å². The quantitative estimate of drug-likeness (QED) is 0.913. The molecule has 1 heterocycles. The first-order chi connectivity index (χ1) is 10.5. The van der Waals surface area contributed by atoms with E-state index in [1.54, 1.807) is 23.1 Å². The van der Waals surface area contributed by atoms with E-state index in [0.29, 0.717) is 28.6 Å². The van der Waals surface area contributed by atoms with E-state index in [-0.39, 0.29) is 18.4 Å². The minimum atomic E-state index is -1.31. The molecule has 1 aromatic rings. The maximum atomic E-state index is 12.2. The molecule has 2 rings (SSSR count). The summed E-state index contributed by atoms with van der Waals surface area (Å²) in [5.41, 5.74) is 0.431. The first-order valence-corrected chi connectivity index (χ1v) is 9.12. The Hall–Kier alpha value is -1.40. The number of likely N-dealkylation sites (tertiary alicyclic amines) is 1. The molecule has 1 saturated heterocycles. The van der Waals surface area contributed by atoms with Gasteiger partial charge in [0.05, 0.1) is 32.9 Å². The maximum absolute atomic E-state index is 12.2. The average molecular weight is 343 g/mol. The van der Waals surface area contributed by atoms with Gasteiger partial charge in [-0.15, -0.1) is 0 Å². The van der Waals surface area contributed by atoms with E-state index in [2.05, 4.69) is 5.32 Å². The summed E-state index contributed by atoms with van der Waals surface area (Å²) in [5, 5.41) is 3.06. The van der Waals surface area contributed by atoms with Crippen LogP contribution < -0.4 is 5.32 Å². The normalized spacial score (nSPS) is 17.0. The third-order valence-corrected chi connectivity index (χ3v) is 4.98. The monoisotopic (exact) mass is 342 g/mol. The molecule has 22 heavy (non-hydrogen) atoms. The van der Waals surface area contributed by atoms with Gasteiger partial charge in [-0.2, -0.15) is 0 Å². The van der Waals surface area contributed by atoms with Crippen LogP contribution in [-0.2, 0) is 20.4 Å². The molecule has 2 amide bonds. The summed E-state index contributed by atoms with van der Waals surface area (Å²) < 4.78 is 11.8. The van der Waals surface area contributed by atoms with Crippen LogP contribution in [0.15, 0.2) is 23.1 Å². The van der Waals surface area contributed by atoms with Crippen LogP contribution in [0.4, 0.5) is 5.69 Å². The second-order valence-corrected chi connectivity index (χ2v) is 6.97. The first kappa shape index (κ1) is 17.0. The smallest absolute Gasteiger partial charge is 0.244 e. The van der Waals surface area contributed by atoms with Crippen LogP contribution in [0.3, 0.4) is 0 Å². The zero-order valence-electron chi connectivity index (χ0n) is 12.4. The van der Waals surface area contributed by atoms with Crippen LogP contribution in [0.1, 0.15) is 25.7 Å². The standard InChI is InChI=1S/C15H19ClN2O3S/c1-22(21)15-11(16)6-5-7-12(15)17-13(19)10-18-9-4-2-3-8-14(18)20/h5-7H,2-4,8-10H2,1H3,(H,17,19). The number of nitrogens with zero attached hydrogens (tertiary/aromatic N) is 1. The fourth-order valence-corrected chi connectivity index (χ4v) is 3.74. The van der Waals surface area contributed by atoms with Crippen molar-refractivity contribution in [1.82, 2.24) is 4.90 Å². The van der Waals surface area contributed by atoms with Gasteiger partial charge in [-0.05, 0) is 25.0 Å². The highest BCUT2D eigenvalue weighted by Gasteiger charge is 2.20. The Morgan fingerprint density at radius 3 is 2.86 bits per heavy atom. The lowest BCUT2D eigenvalue weighted by molar-refractivity contribution is -0.134. The molecule has 1 unspecified atom stereocenters. The molecule has 0 aliphatic carbocycles. The number of hydrogen-bond acceptors (Lipinski definition) is 3. The molecule has 0 saturated carbocycles. The topological polar surface area (TPSA) is 66.5 Å². The summed E-state index contributed by atoms with van der Waals surface area (Å²) in [6.45, 7) is 0.621. The minimum absolute atomic E-state index is 0.0121. The molecule has 1 aromatic carbocycles. The average Bonchev–Trinajstić information content (AvgIpc) is 2.63. The van der Waals surface area contributed by atoms with E-state index in [9.17, 15) is 13.8 Å². The van der Waals surface area contributed by atoms with E-state index in [4.69, 9.17) is 11.6 Å². The molecule has 1 aliphatic heterocycles. The molecule has 0 spiro atoms. The van der Waals surface area contributed by atoms with Crippen LogP contribution in [0.2, 0.25) is 5.02 Å². The second-order valence-electron chi connectivity index (χ2n) is 5.24. The van der Waals surface area contributed by atoms with Crippen LogP contribution >= 0.6 is 11.6 Å². The molecular formula is C15H19ClN2O3S. The number of hydrogen-bond donors (Lipinski definition) is 1. The van der Waals surface area contributed by atoms with Gasteiger partial charge in [0.2, 0.25) is 11.8 Å². The van der Waals surface area contributed by atoms with E-state index in [1.807, 2.05) is 0 Å². The first-order valence-electron chi connectivity index (χ1n) is 7.18. The van der Waals surface area contributed by atoms with Gasteiger partial charge in [0.15, 0.2) is 0 Å². The van der Waals surface area contributed by atoms with Gasteiger partial charge in [-0.1, -0.05) is 24.1 Å². The van der Waals surface area contributed by atoms with E-state index in [1.165, 1.54) is 6.26 Å². The Morgan fingerprint density at radius 2 is 2.14 bits per heavy atom. The van der Waals surface area contributed by atoms with E-state index < -0.39 is 10.8 Å². The van der Waals surface area contributed by atoms with E-state index in [0.717, 1.165) is 19.3 Å². The summed E-state index contributed by atoms with van der Waals surface area (Å²) in [7, 11) is -1.31. The molecule has 0 bridgehead atoms. The third kappa shape index (κ3) is 4.30. The Bertz CT molecular complexity index is 606. The van der Waals surface area contributed by atoms with Crippen LogP contribution in [0.25, 0.3) is 0 Å². The molecule has 0 aromatic heterocycles. The molecular weight excluding hydrogens is 324 g/mol. The maximum Gasteiger partial charge on any atom is 0.244 e. The van der Waals surface area contributed by atoms with Gasteiger partial charge in [0.25, 0.3) is 0 Å². The second kappa shape index (κ2) is 7.74. The SMILES string of the molecule is CS(=O)c1c(Cl)cccc1NC(=O)CN1CCCCCC1=O. The molecule has 1 atom stereocenters. The lowest BCUT2D eigenvalue weighted by atomic mass is 10.2. The van der Waals surface area contributed by atoms with Crippen molar-refractivity contribution in [3.63, 3.8) is 0 Å². The van der Waals surface area contributed by atoms with Crippen molar-refractivity contribution < 1.29 is 13.8 Å².